The van der Waals surface area contributed by atoms with E-state index in [0.29, 0.717) is 35.7 Å². The summed E-state index contributed by atoms with van der Waals surface area (Å²) in [4.78, 5) is 6.66. The van der Waals surface area contributed by atoms with E-state index in [1.54, 1.807) is 6.20 Å². The molecule has 4 nitrogen and oxygen atoms in total. The maximum absolute atomic E-state index is 9.16. The van der Waals surface area contributed by atoms with Gasteiger partial charge in [0.05, 0.1) is 17.8 Å². The lowest BCUT2D eigenvalue weighted by Crippen LogP contribution is -2.34. The smallest absolute Gasteiger partial charge is 0.209 e. The van der Waals surface area contributed by atoms with Gasteiger partial charge in [0.2, 0.25) is 5.89 Å². The van der Waals surface area contributed by atoms with Gasteiger partial charge in [-0.05, 0) is 44.0 Å². The van der Waals surface area contributed by atoms with Crippen LogP contribution >= 0.6 is 11.6 Å². The predicted molar refractivity (Wildman–Crippen MR) is 82.0 cm³/mol. The molecule has 1 N–H and O–H groups in total. The third kappa shape index (κ3) is 3.46. The van der Waals surface area contributed by atoms with E-state index in [4.69, 9.17) is 21.1 Å². The molecule has 2 heterocycles. The normalized spacial score (nSPS) is 17.2. The molecule has 1 fully saturated rings. The van der Waals surface area contributed by atoms with E-state index < -0.39 is 0 Å². The van der Waals surface area contributed by atoms with Gasteiger partial charge >= 0.3 is 0 Å². The molecule has 21 heavy (non-hydrogen) atoms. The van der Waals surface area contributed by atoms with Crippen molar-refractivity contribution in [3.05, 3.63) is 41.4 Å². The summed E-state index contributed by atoms with van der Waals surface area (Å²) < 4.78 is 5.82. The molecular formula is C16H19ClN2O2. The Labute approximate surface area is 129 Å². The van der Waals surface area contributed by atoms with Crippen molar-refractivity contribution in [3.8, 4) is 11.3 Å². The summed E-state index contributed by atoms with van der Waals surface area (Å²) in [5.41, 5.74) is 0.872. The topological polar surface area (TPSA) is 49.5 Å². The van der Waals surface area contributed by atoms with Crippen LogP contribution in [0, 0.1) is 5.92 Å². The Morgan fingerprint density at radius 2 is 2.05 bits per heavy atom. The van der Waals surface area contributed by atoms with Gasteiger partial charge in [-0.25, -0.2) is 4.98 Å². The fourth-order valence-corrected chi connectivity index (χ4v) is 2.92. The van der Waals surface area contributed by atoms with Gasteiger partial charge in [0, 0.05) is 12.2 Å². The number of piperidine rings is 1. The second-order valence-electron chi connectivity index (χ2n) is 5.50. The molecule has 0 spiro atoms. The molecule has 0 amide bonds. The number of halogens is 1. The first-order chi connectivity index (χ1) is 10.3. The lowest BCUT2D eigenvalue weighted by Gasteiger charge is -2.29. The van der Waals surface area contributed by atoms with Gasteiger partial charge in [-0.1, -0.05) is 23.7 Å². The Balaban J connectivity index is 1.65. The van der Waals surface area contributed by atoms with Gasteiger partial charge in [0.25, 0.3) is 0 Å². The van der Waals surface area contributed by atoms with E-state index in [2.05, 4.69) is 9.88 Å². The molecule has 1 saturated heterocycles. The third-order valence-electron chi connectivity index (χ3n) is 4.02. The Hall–Kier alpha value is -1.36. The zero-order valence-electron chi connectivity index (χ0n) is 11.8. The summed E-state index contributed by atoms with van der Waals surface area (Å²) in [5.74, 6) is 1.87. The molecule has 0 aliphatic carbocycles. The highest BCUT2D eigenvalue weighted by molar-refractivity contribution is 6.33. The second kappa shape index (κ2) is 6.60. The molecule has 1 aromatic heterocycles. The Bertz CT molecular complexity index is 591. The Kier molecular flexibility index (Phi) is 4.58. The molecule has 0 unspecified atom stereocenters. The molecule has 1 aliphatic heterocycles. The van der Waals surface area contributed by atoms with Crippen molar-refractivity contribution in [1.29, 1.82) is 0 Å². The number of likely N-dealkylation sites (tertiary alicyclic amines) is 1. The molecule has 112 valence electrons. The highest BCUT2D eigenvalue weighted by Crippen LogP contribution is 2.28. The van der Waals surface area contributed by atoms with Crippen LogP contribution in [-0.4, -0.2) is 34.7 Å². The van der Waals surface area contributed by atoms with E-state index >= 15 is 0 Å². The Morgan fingerprint density at radius 3 is 2.76 bits per heavy atom. The van der Waals surface area contributed by atoms with Crippen LogP contribution in [0.5, 0.6) is 0 Å². The highest BCUT2D eigenvalue weighted by atomic mass is 35.5. The number of hydrogen-bond donors (Lipinski definition) is 1. The first-order valence-corrected chi connectivity index (χ1v) is 7.67. The summed E-state index contributed by atoms with van der Waals surface area (Å²) in [5, 5.41) is 9.83. The zero-order valence-corrected chi connectivity index (χ0v) is 12.6. The van der Waals surface area contributed by atoms with E-state index in [0.717, 1.165) is 31.5 Å². The van der Waals surface area contributed by atoms with Crippen LogP contribution < -0.4 is 0 Å². The van der Waals surface area contributed by atoms with Crippen molar-refractivity contribution in [2.75, 3.05) is 19.7 Å². The summed E-state index contributed by atoms with van der Waals surface area (Å²) in [6, 6.07) is 7.61. The monoisotopic (exact) mass is 306 g/mol. The van der Waals surface area contributed by atoms with Crippen LogP contribution in [0.4, 0.5) is 0 Å². The average molecular weight is 307 g/mol. The number of rotatable bonds is 4. The molecular weight excluding hydrogens is 288 g/mol. The lowest BCUT2D eigenvalue weighted by atomic mass is 9.98. The maximum Gasteiger partial charge on any atom is 0.209 e. The molecule has 5 heteroatoms. The van der Waals surface area contributed by atoms with Crippen molar-refractivity contribution in [2.24, 2.45) is 5.92 Å². The number of aliphatic hydroxyl groups is 1. The van der Waals surface area contributed by atoms with E-state index in [1.165, 1.54) is 0 Å². The quantitative estimate of drug-likeness (QED) is 0.942. The van der Waals surface area contributed by atoms with Crippen LogP contribution in [-0.2, 0) is 6.54 Å². The van der Waals surface area contributed by atoms with Crippen molar-refractivity contribution < 1.29 is 9.52 Å². The lowest BCUT2D eigenvalue weighted by molar-refractivity contribution is 0.121. The molecule has 2 aromatic rings. The van der Waals surface area contributed by atoms with Crippen LogP contribution in [0.1, 0.15) is 18.7 Å². The number of aromatic nitrogens is 1. The Morgan fingerprint density at radius 1 is 1.29 bits per heavy atom. The molecule has 0 atom stereocenters. The molecule has 0 bridgehead atoms. The number of oxazole rings is 1. The van der Waals surface area contributed by atoms with Crippen LogP contribution in [0.15, 0.2) is 34.9 Å². The first-order valence-electron chi connectivity index (χ1n) is 7.29. The second-order valence-corrected chi connectivity index (χ2v) is 5.91. The number of hydrogen-bond acceptors (Lipinski definition) is 4. The van der Waals surface area contributed by atoms with Crippen molar-refractivity contribution in [1.82, 2.24) is 9.88 Å². The summed E-state index contributed by atoms with van der Waals surface area (Å²) in [6.07, 6.45) is 3.81. The predicted octanol–water partition coefficient (Wildman–Crippen LogP) is 3.20. The van der Waals surface area contributed by atoms with Crippen molar-refractivity contribution >= 4 is 11.6 Å². The summed E-state index contributed by atoms with van der Waals surface area (Å²) >= 11 is 6.17. The van der Waals surface area contributed by atoms with E-state index in [-0.39, 0.29) is 0 Å². The van der Waals surface area contributed by atoms with Gasteiger partial charge in [-0.3, -0.25) is 4.90 Å². The van der Waals surface area contributed by atoms with Crippen molar-refractivity contribution in [3.63, 3.8) is 0 Å². The van der Waals surface area contributed by atoms with E-state index in [1.807, 2.05) is 24.3 Å². The van der Waals surface area contributed by atoms with E-state index in [9.17, 15) is 0 Å². The first kappa shape index (κ1) is 14.6. The van der Waals surface area contributed by atoms with Crippen LogP contribution in [0.25, 0.3) is 11.3 Å². The van der Waals surface area contributed by atoms with Crippen molar-refractivity contribution in [2.45, 2.75) is 19.4 Å². The third-order valence-corrected chi connectivity index (χ3v) is 4.35. The van der Waals surface area contributed by atoms with Gasteiger partial charge in [-0.2, -0.15) is 0 Å². The fraction of sp³-hybridized carbons (Fsp3) is 0.438. The van der Waals surface area contributed by atoms with Gasteiger partial charge in [0.15, 0.2) is 5.76 Å². The minimum atomic E-state index is 0.295. The molecule has 1 aliphatic rings. The largest absolute Gasteiger partial charge is 0.439 e. The minimum Gasteiger partial charge on any atom is -0.439 e. The van der Waals surface area contributed by atoms with Gasteiger partial charge in [0.1, 0.15) is 0 Å². The fourth-order valence-electron chi connectivity index (χ4n) is 2.69. The number of benzene rings is 1. The van der Waals surface area contributed by atoms with Crippen LogP contribution in [0.3, 0.4) is 0 Å². The maximum atomic E-state index is 9.16. The van der Waals surface area contributed by atoms with Gasteiger partial charge in [-0.15, -0.1) is 0 Å². The molecule has 3 rings (SSSR count). The molecule has 0 saturated carbocycles. The molecule has 1 aromatic carbocycles. The standard InChI is InChI=1S/C16H19ClN2O2/c17-14-4-2-1-3-13(14)15-9-18-16(21-15)10-19-7-5-12(11-20)6-8-19/h1-4,9,12,20H,5-8,10-11H2. The number of aliphatic hydroxyl groups excluding tert-OH is 1. The zero-order chi connectivity index (χ0) is 14.7. The SMILES string of the molecule is OCC1CCN(Cc2ncc(-c3ccccc3Cl)o2)CC1. The highest BCUT2D eigenvalue weighted by Gasteiger charge is 2.20. The van der Waals surface area contributed by atoms with Crippen LogP contribution in [0.2, 0.25) is 5.02 Å². The summed E-state index contributed by atoms with van der Waals surface area (Å²) in [6.45, 7) is 2.97. The minimum absolute atomic E-state index is 0.295. The summed E-state index contributed by atoms with van der Waals surface area (Å²) in [7, 11) is 0. The number of nitrogens with zero attached hydrogens (tertiary/aromatic N) is 2. The average Bonchev–Trinajstić information content (AvgIpc) is 2.97. The molecule has 0 radical (unpaired) electrons. The van der Waals surface area contributed by atoms with Gasteiger partial charge < -0.3 is 9.52 Å².